The first-order valence-corrected chi connectivity index (χ1v) is 8.98. The molecule has 2 rings (SSSR count). The van der Waals surface area contributed by atoms with Gasteiger partial charge in [0.2, 0.25) is 5.91 Å². The molecule has 0 aliphatic carbocycles. The summed E-state index contributed by atoms with van der Waals surface area (Å²) in [5.74, 6) is -0.818. The summed E-state index contributed by atoms with van der Waals surface area (Å²) in [5.41, 5.74) is 0.889. The third kappa shape index (κ3) is 5.81. The van der Waals surface area contributed by atoms with Crippen LogP contribution < -0.4 is 10.1 Å². The molecule has 0 fully saturated rings. The SMILES string of the molecule is CC(NC(=O)c1cccc(Cl)c1Cl)C(=O)N(C)Cc1ccc(OC(F)F)cc1. The number of halogens is 4. The average molecular weight is 431 g/mol. The Morgan fingerprint density at radius 2 is 1.79 bits per heavy atom. The van der Waals surface area contributed by atoms with Gasteiger partial charge in [0.05, 0.1) is 15.6 Å². The van der Waals surface area contributed by atoms with Gasteiger partial charge in [0.1, 0.15) is 11.8 Å². The minimum atomic E-state index is -2.90. The van der Waals surface area contributed by atoms with Crippen LogP contribution in [0.1, 0.15) is 22.8 Å². The lowest BCUT2D eigenvalue weighted by molar-refractivity contribution is -0.132. The van der Waals surface area contributed by atoms with Crippen LogP contribution in [0.4, 0.5) is 8.78 Å². The topological polar surface area (TPSA) is 58.6 Å². The van der Waals surface area contributed by atoms with Crippen LogP contribution in [-0.4, -0.2) is 36.4 Å². The fourth-order valence-electron chi connectivity index (χ4n) is 2.47. The standard InChI is InChI=1S/C19H18Cl2F2N2O3/c1-11(24-17(26)14-4-3-5-15(20)16(14)21)18(27)25(2)10-12-6-8-13(9-7-12)28-19(22)23/h3-9,11,19H,10H2,1-2H3,(H,24,26). The zero-order valence-corrected chi connectivity index (χ0v) is 16.6. The first-order chi connectivity index (χ1) is 13.2. The molecule has 28 heavy (non-hydrogen) atoms. The highest BCUT2D eigenvalue weighted by Crippen LogP contribution is 2.25. The number of rotatable bonds is 7. The number of benzene rings is 2. The number of carbonyl (C=O) groups excluding carboxylic acids is 2. The van der Waals surface area contributed by atoms with Crippen molar-refractivity contribution < 1.29 is 23.1 Å². The Hall–Kier alpha value is -2.38. The van der Waals surface area contributed by atoms with Crippen LogP contribution in [-0.2, 0) is 11.3 Å². The highest BCUT2D eigenvalue weighted by molar-refractivity contribution is 6.43. The maximum atomic E-state index is 12.5. The molecular weight excluding hydrogens is 413 g/mol. The Kier molecular flexibility index (Phi) is 7.60. The number of amides is 2. The molecule has 9 heteroatoms. The summed E-state index contributed by atoms with van der Waals surface area (Å²) in [7, 11) is 1.57. The third-order valence-electron chi connectivity index (χ3n) is 3.86. The van der Waals surface area contributed by atoms with E-state index in [1.807, 2.05) is 0 Å². The van der Waals surface area contributed by atoms with Gasteiger partial charge in [-0.2, -0.15) is 8.78 Å². The zero-order valence-electron chi connectivity index (χ0n) is 15.1. The number of ether oxygens (including phenoxy) is 1. The first kappa shape index (κ1) is 21.9. The Bertz CT molecular complexity index is 848. The van der Waals surface area contributed by atoms with Gasteiger partial charge in [-0.05, 0) is 36.8 Å². The molecule has 2 aromatic carbocycles. The quantitative estimate of drug-likeness (QED) is 0.709. The van der Waals surface area contributed by atoms with Gasteiger partial charge in [0.25, 0.3) is 5.91 Å². The highest BCUT2D eigenvalue weighted by Gasteiger charge is 2.22. The third-order valence-corrected chi connectivity index (χ3v) is 4.68. The van der Waals surface area contributed by atoms with Crippen LogP contribution in [0, 0.1) is 0 Å². The van der Waals surface area contributed by atoms with Crippen LogP contribution in [0.25, 0.3) is 0 Å². The van der Waals surface area contributed by atoms with Crippen LogP contribution >= 0.6 is 23.2 Å². The molecule has 0 aliphatic rings. The predicted octanol–water partition coefficient (Wildman–Crippen LogP) is 4.37. The molecule has 0 radical (unpaired) electrons. The van der Waals surface area contributed by atoms with Crippen LogP contribution in [0.3, 0.4) is 0 Å². The first-order valence-electron chi connectivity index (χ1n) is 8.22. The van der Waals surface area contributed by atoms with Crippen molar-refractivity contribution in [1.29, 1.82) is 0 Å². The number of carbonyl (C=O) groups is 2. The number of nitrogens with zero attached hydrogens (tertiary/aromatic N) is 1. The van der Waals surface area contributed by atoms with E-state index in [4.69, 9.17) is 23.2 Å². The fraction of sp³-hybridized carbons (Fsp3) is 0.263. The molecule has 1 N–H and O–H groups in total. The highest BCUT2D eigenvalue weighted by atomic mass is 35.5. The largest absolute Gasteiger partial charge is 0.435 e. The monoisotopic (exact) mass is 430 g/mol. The molecule has 5 nitrogen and oxygen atoms in total. The van der Waals surface area contributed by atoms with Crippen molar-refractivity contribution in [2.24, 2.45) is 0 Å². The molecule has 0 heterocycles. The summed E-state index contributed by atoms with van der Waals surface area (Å²) >= 11 is 11.9. The van der Waals surface area contributed by atoms with Crippen molar-refractivity contribution in [2.45, 2.75) is 26.1 Å². The van der Waals surface area contributed by atoms with Gasteiger partial charge < -0.3 is 15.0 Å². The fourth-order valence-corrected chi connectivity index (χ4v) is 2.86. The smallest absolute Gasteiger partial charge is 0.387 e. The van der Waals surface area contributed by atoms with Gasteiger partial charge in [-0.3, -0.25) is 9.59 Å². The van der Waals surface area contributed by atoms with E-state index in [-0.39, 0.29) is 33.8 Å². The lowest BCUT2D eigenvalue weighted by Gasteiger charge is -2.22. The van der Waals surface area contributed by atoms with E-state index >= 15 is 0 Å². The molecular formula is C19H18Cl2F2N2O3. The molecule has 1 unspecified atom stereocenters. The van der Waals surface area contributed by atoms with Crippen molar-refractivity contribution >= 4 is 35.0 Å². The number of alkyl halides is 2. The second-order valence-corrected chi connectivity index (χ2v) is 6.80. The summed E-state index contributed by atoms with van der Waals surface area (Å²) < 4.78 is 28.6. The summed E-state index contributed by atoms with van der Waals surface area (Å²) in [6, 6.07) is 9.79. The van der Waals surface area contributed by atoms with Crippen molar-refractivity contribution in [3.63, 3.8) is 0 Å². The van der Waals surface area contributed by atoms with Crippen molar-refractivity contribution in [3.05, 3.63) is 63.6 Å². The van der Waals surface area contributed by atoms with Gasteiger partial charge >= 0.3 is 6.61 Å². The van der Waals surface area contributed by atoms with Crippen LogP contribution in [0.15, 0.2) is 42.5 Å². The van der Waals surface area contributed by atoms with Gasteiger partial charge in [-0.25, -0.2) is 0 Å². The predicted molar refractivity (Wildman–Crippen MR) is 103 cm³/mol. The summed E-state index contributed by atoms with van der Waals surface area (Å²) in [6.45, 7) is -1.12. The Morgan fingerprint density at radius 3 is 2.39 bits per heavy atom. The molecule has 0 bridgehead atoms. The minimum absolute atomic E-state index is 0.0340. The normalized spacial score (nSPS) is 11.8. The second kappa shape index (κ2) is 9.71. The number of hydrogen-bond acceptors (Lipinski definition) is 3. The minimum Gasteiger partial charge on any atom is -0.435 e. The Labute approximate surface area is 171 Å². The van der Waals surface area contributed by atoms with E-state index in [2.05, 4.69) is 10.1 Å². The summed E-state index contributed by atoms with van der Waals surface area (Å²) in [4.78, 5) is 26.3. The molecule has 0 aromatic heterocycles. The maximum absolute atomic E-state index is 12.5. The van der Waals surface area contributed by atoms with Gasteiger partial charge in [-0.15, -0.1) is 0 Å². The number of likely N-dealkylation sites (N-methyl/N-ethyl adjacent to an activating group) is 1. The zero-order chi connectivity index (χ0) is 20.8. The molecule has 1 atom stereocenters. The van der Waals surface area contributed by atoms with Gasteiger partial charge in [0.15, 0.2) is 0 Å². The molecule has 0 saturated carbocycles. The van der Waals surface area contributed by atoms with Crippen molar-refractivity contribution in [2.75, 3.05) is 7.05 Å². The molecule has 0 spiro atoms. The van der Waals surface area contributed by atoms with E-state index in [1.54, 1.807) is 38.2 Å². The van der Waals surface area contributed by atoms with Crippen molar-refractivity contribution in [1.82, 2.24) is 10.2 Å². The second-order valence-electron chi connectivity index (χ2n) is 6.01. The average Bonchev–Trinajstić information content (AvgIpc) is 2.64. The Balaban J connectivity index is 1.96. The number of hydrogen-bond donors (Lipinski definition) is 1. The lowest BCUT2D eigenvalue weighted by atomic mass is 10.1. The lowest BCUT2D eigenvalue weighted by Crippen LogP contribution is -2.45. The van der Waals surface area contributed by atoms with Gasteiger partial charge in [0, 0.05) is 13.6 Å². The van der Waals surface area contributed by atoms with E-state index in [0.29, 0.717) is 5.56 Å². The molecule has 150 valence electrons. The van der Waals surface area contributed by atoms with E-state index < -0.39 is 18.6 Å². The van der Waals surface area contributed by atoms with Crippen LogP contribution in [0.5, 0.6) is 5.75 Å². The van der Waals surface area contributed by atoms with E-state index in [0.717, 1.165) is 0 Å². The Morgan fingerprint density at radius 1 is 1.14 bits per heavy atom. The maximum Gasteiger partial charge on any atom is 0.387 e. The molecule has 2 aromatic rings. The van der Waals surface area contributed by atoms with E-state index in [1.165, 1.54) is 23.1 Å². The van der Waals surface area contributed by atoms with Crippen molar-refractivity contribution in [3.8, 4) is 5.75 Å². The summed E-state index contributed by atoms with van der Waals surface area (Å²) in [6.07, 6.45) is 0. The molecule has 0 saturated heterocycles. The van der Waals surface area contributed by atoms with Gasteiger partial charge in [-0.1, -0.05) is 41.4 Å². The van der Waals surface area contributed by atoms with E-state index in [9.17, 15) is 18.4 Å². The molecule has 0 aliphatic heterocycles. The number of nitrogens with one attached hydrogen (secondary N) is 1. The molecule has 2 amide bonds. The summed E-state index contributed by atoms with van der Waals surface area (Å²) in [5, 5.41) is 2.94. The van der Waals surface area contributed by atoms with Crippen LogP contribution in [0.2, 0.25) is 10.0 Å².